The molecule has 0 aliphatic carbocycles. The summed E-state index contributed by atoms with van der Waals surface area (Å²) in [4.78, 5) is 18.3. The number of benzene rings is 2. The SMILES string of the molecule is CCN(CC(=O)Nc1ccccc1C(F)(F)F)Cc1nc(-c2ccc(Cl)cc2)no1. The molecule has 3 rings (SSSR count). The summed E-state index contributed by atoms with van der Waals surface area (Å²) in [6, 6.07) is 11.7. The fraction of sp³-hybridized carbons (Fsp3) is 0.250. The van der Waals surface area contributed by atoms with Gasteiger partial charge in [-0.05, 0) is 42.9 Å². The smallest absolute Gasteiger partial charge is 0.338 e. The molecule has 0 atom stereocenters. The number of alkyl halides is 3. The van der Waals surface area contributed by atoms with Crippen molar-refractivity contribution in [2.75, 3.05) is 18.4 Å². The van der Waals surface area contributed by atoms with Crippen LogP contribution in [0.1, 0.15) is 18.4 Å². The molecule has 1 aromatic heterocycles. The van der Waals surface area contributed by atoms with Crippen LogP contribution in [0.25, 0.3) is 11.4 Å². The first-order valence-corrected chi connectivity index (χ1v) is 9.41. The molecule has 10 heteroatoms. The van der Waals surface area contributed by atoms with E-state index in [1.54, 1.807) is 29.2 Å². The Bertz CT molecular complexity index is 1010. The summed E-state index contributed by atoms with van der Waals surface area (Å²) in [5, 5.41) is 6.81. The van der Waals surface area contributed by atoms with Gasteiger partial charge in [-0.2, -0.15) is 18.2 Å². The molecule has 1 heterocycles. The number of aromatic nitrogens is 2. The predicted octanol–water partition coefficient (Wildman–Crippen LogP) is 4.87. The molecule has 2 aromatic carbocycles. The second-order valence-corrected chi connectivity index (χ2v) is 6.85. The number of amides is 1. The van der Waals surface area contributed by atoms with Gasteiger partial charge in [0.1, 0.15) is 0 Å². The van der Waals surface area contributed by atoms with Crippen molar-refractivity contribution in [1.82, 2.24) is 15.0 Å². The molecule has 0 bridgehead atoms. The fourth-order valence-electron chi connectivity index (χ4n) is 2.74. The summed E-state index contributed by atoms with van der Waals surface area (Å²) in [7, 11) is 0. The standard InChI is InChI=1S/C20H18ClF3N4O2/c1-2-28(11-17(29)25-16-6-4-3-5-15(16)20(22,23)24)12-18-26-19(27-30-18)13-7-9-14(21)10-8-13/h3-10H,2,11-12H2,1H3,(H,25,29). The highest BCUT2D eigenvalue weighted by Gasteiger charge is 2.33. The van der Waals surface area contributed by atoms with Crippen LogP contribution in [0, 0.1) is 0 Å². The van der Waals surface area contributed by atoms with Gasteiger partial charge in [0.25, 0.3) is 0 Å². The van der Waals surface area contributed by atoms with Crippen LogP contribution in [0.3, 0.4) is 0 Å². The topological polar surface area (TPSA) is 71.3 Å². The Morgan fingerprint density at radius 1 is 1.17 bits per heavy atom. The Hall–Kier alpha value is -2.91. The average Bonchev–Trinajstić information content (AvgIpc) is 3.16. The number of hydrogen-bond donors (Lipinski definition) is 1. The van der Waals surface area contributed by atoms with Crippen LogP contribution < -0.4 is 5.32 Å². The van der Waals surface area contributed by atoms with Gasteiger partial charge in [0.2, 0.25) is 17.6 Å². The molecule has 0 spiro atoms. The molecule has 3 aromatic rings. The highest BCUT2D eigenvalue weighted by Crippen LogP contribution is 2.34. The van der Waals surface area contributed by atoms with E-state index in [-0.39, 0.29) is 24.7 Å². The lowest BCUT2D eigenvalue weighted by Gasteiger charge is -2.19. The van der Waals surface area contributed by atoms with Crippen LogP contribution in [0.4, 0.5) is 18.9 Å². The third kappa shape index (κ3) is 5.58. The molecule has 1 amide bonds. The van der Waals surface area contributed by atoms with Crippen LogP contribution in [-0.4, -0.2) is 34.0 Å². The normalized spacial score (nSPS) is 11.7. The van der Waals surface area contributed by atoms with Crippen molar-refractivity contribution in [2.24, 2.45) is 0 Å². The molecule has 0 fully saturated rings. The molecule has 6 nitrogen and oxygen atoms in total. The van der Waals surface area contributed by atoms with Crippen molar-refractivity contribution in [2.45, 2.75) is 19.6 Å². The summed E-state index contributed by atoms with van der Waals surface area (Å²) in [5.41, 5.74) is -0.460. The zero-order valence-electron chi connectivity index (χ0n) is 15.9. The van der Waals surface area contributed by atoms with Gasteiger partial charge < -0.3 is 9.84 Å². The maximum atomic E-state index is 13.1. The lowest BCUT2D eigenvalue weighted by Crippen LogP contribution is -2.33. The van der Waals surface area contributed by atoms with E-state index in [1.165, 1.54) is 18.2 Å². The Morgan fingerprint density at radius 2 is 1.87 bits per heavy atom. The molecule has 158 valence electrons. The highest BCUT2D eigenvalue weighted by molar-refractivity contribution is 6.30. The predicted molar refractivity (Wildman–Crippen MR) is 106 cm³/mol. The number of rotatable bonds is 7. The third-order valence-electron chi connectivity index (χ3n) is 4.25. The number of hydrogen-bond acceptors (Lipinski definition) is 5. The van der Waals surface area contributed by atoms with Crippen LogP contribution in [0.5, 0.6) is 0 Å². The second kappa shape index (κ2) is 9.27. The van der Waals surface area contributed by atoms with Crippen LogP contribution in [0.15, 0.2) is 53.1 Å². The van der Waals surface area contributed by atoms with E-state index in [0.29, 0.717) is 17.4 Å². The molecule has 1 N–H and O–H groups in total. The number of halogens is 4. The van der Waals surface area contributed by atoms with Gasteiger partial charge in [-0.1, -0.05) is 35.8 Å². The molecular weight excluding hydrogens is 421 g/mol. The van der Waals surface area contributed by atoms with Crippen molar-refractivity contribution < 1.29 is 22.5 Å². The van der Waals surface area contributed by atoms with E-state index in [2.05, 4.69) is 15.5 Å². The van der Waals surface area contributed by atoms with Gasteiger partial charge in [0.05, 0.1) is 24.3 Å². The first-order chi connectivity index (χ1) is 14.3. The number of carbonyl (C=O) groups excluding carboxylic acids is 1. The highest BCUT2D eigenvalue weighted by atomic mass is 35.5. The molecule has 0 aliphatic heterocycles. The van der Waals surface area contributed by atoms with Gasteiger partial charge in [-0.3, -0.25) is 9.69 Å². The molecule has 0 aliphatic rings. The van der Waals surface area contributed by atoms with Crippen molar-refractivity contribution in [3.05, 3.63) is 65.0 Å². The summed E-state index contributed by atoms with van der Waals surface area (Å²) < 4.78 is 44.5. The third-order valence-corrected chi connectivity index (χ3v) is 4.50. The van der Waals surface area contributed by atoms with Crippen LogP contribution >= 0.6 is 11.6 Å². The van der Waals surface area contributed by atoms with Crippen LogP contribution in [0.2, 0.25) is 5.02 Å². The maximum absolute atomic E-state index is 13.1. The Labute approximate surface area is 175 Å². The minimum atomic E-state index is -4.56. The van der Waals surface area contributed by atoms with Gasteiger partial charge >= 0.3 is 6.18 Å². The number of para-hydroxylation sites is 1. The van der Waals surface area contributed by atoms with Crippen molar-refractivity contribution >= 4 is 23.2 Å². The second-order valence-electron chi connectivity index (χ2n) is 6.41. The molecule has 0 saturated carbocycles. The van der Waals surface area contributed by atoms with Crippen molar-refractivity contribution in [3.63, 3.8) is 0 Å². The zero-order valence-corrected chi connectivity index (χ0v) is 16.7. The van der Waals surface area contributed by atoms with E-state index in [4.69, 9.17) is 16.1 Å². The summed E-state index contributed by atoms with van der Waals surface area (Å²) in [6.45, 7) is 2.30. The van der Waals surface area contributed by atoms with E-state index in [1.807, 2.05) is 6.92 Å². The molecule has 0 radical (unpaired) electrons. The van der Waals surface area contributed by atoms with Gasteiger partial charge in [0, 0.05) is 10.6 Å². The number of carbonyl (C=O) groups is 1. The Morgan fingerprint density at radius 3 is 2.53 bits per heavy atom. The quantitative estimate of drug-likeness (QED) is 0.570. The minimum Gasteiger partial charge on any atom is -0.338 e. The molecular formula is C20H18ClF3N4O2. The largest absolute Gasteiger partial charge is 0.418 e. The monoisotopic (exact) mass is 438 g/mol. The summed E-state index contributed by atoms with van der Waals surface area (Å²) in [6.07, 6.45) is -4.56. The minimum absolute atomic E-state index is 0.138. The number of anilines is 1. The molecule has 0 saturated heterocycles. The van der Waals surface area contributed by atoms with E-state index in [0.717, 1.165) is 11.6 Å². The first-order valence-electron chi connectivity index (χ1n) is 9.03. The van der Waals surface area contributed by atoms with Gasteiger partial charge in [-0.25, -0.2) is 0 Å². The first kappa shape index (κ1) is 21.8. The summed E-state index contributed by atoms with van der Waals surface area (Å²) >= 11 is 5.86. The fourth-order valence-corrected chi connectivity index (χ4v) is 2.86. The van der Waals surface area contributed by atoms with E-state index >= 15 is 0 Å². The average molecular weight is 439 g/mol. The van der Waals surface area contributed by atoms with E-state index in [9.17, 15) is 18.0 Å². The summed E-state index contributed by atoms with van der Waals surface area (Å²) in [5.74, 6) is 0.0811. The van der Waals surface area contributed by atoms with Crippen molar-refractivity contribution in [3.8, 4) is 11.4 Å². The number of nitrogens with one attached hydrogen (secondary N) is 1. The van der Waals surface area contributed by atoms with Gasteiger partial charge in [0.15, 0.2) is 0 Å². The van der Waals surface area contributed by atoms with E-state index < -0.39 is 17.6 Å². The Balaban J connectivity index is 1.64. The lowest BCUT2D eigenvalue weighted by atomic mass is 10.1. The molecule has 0 unspecified atom stereocenters. The number of likely N-dealkylation sites (N-methyl/N-ethyl adjacent to an activating group) is 1. The maximum Gasteiger partial charge on any atom is 0.418 e. The molecule has 30 heavy (non-hydrogen) atoms. The zero-order chi connectivity index (χ0) is 21.7. The van der Waals surface area contributed by atoms with Crippen LogP contribution in [-0.2, 0) is 17.5 Å². The van der Waals surface area contributed by atoms with Gasteiger partial charge in [-0.15, -0.1) is 0 Å². The van der Waals surface area contributed by atoms with Crippen molar-refractivity contribution in [1.29, 1.82) is 0 Å². The number of nitrogens with zero attached hydrogens (tertiary/aromatic N) is 3. The Kier molecular flexibility index (Phi) is 6.73. The lowest BCUT2D eigenvalue weighted by molar-refractivity contribution is -0.137.